The quantitative estimate of drug-likeness (QED) is 0.461. The molecule has 6 heteroatoms. The SMILES string of the molecule is CCOC(=O)/C=C/C(=O)Oc1ccccc1C(=O)OC. The van der Waals surface area contributed by atoms with E-state index in [-0.39, 0.29) is 17.9 Å². The molecule has 0 saturated carbocycles. The first kappa shape index (κ1) is 15.4. The number of hydrogen-bond donors (Lipinski definition) is 0. The molecule has 0 atom stereocenters. The van der Waals surface area contributed by atoms with Gasteiger partial charge in [-0.2, -0.15) is 0 Å². The van der Waals surface area contributed by atoms with Crippen molar-refractivity contribution in [3.63, 3.8) is 0 Å². The molecule has 0 radical (unpaired) electrons. The van der Waals surface area contributed by atoms with Gasteiger partial charge in [0.15, 0.2) is 0 Å². The predicted molar refractivity (Wildman–Crippen MR) is 69.2 cm³/mol. The maximum atomic E-state index is 11.5. The van der Waals surface area contributed by atoms with Crippen molar-refractivity contribution in [3.8, 4) is 5.75 Å². The molecule has 6 nitrogen and oxygen atoms in total. The summed E-state index contributed by atoms with van der Waals surface area (Å²) < 4.78 is 14.1. The lowest BCUT2D eigenvalue weighted by Crippen LogP contribution is -2.10. The summed E-state index contributed by atoms with van der Waals surface area (Å²) in [5.74, 6) is -2.01. The van der Waals surface area contributed by atoms with Crippen LogP contribution in [0.5, 0.6) is 5.75 Å². The smallest absolute Gasteiger partial charge is 0.341 e. The maximum absolute atomic E-state index is 11.5. The number of esters is 3. The van der Waals surface area contributed by atoms with Crippen molar-refractivity contribution in [1.82, 2.24) is 0 Å². The highest BCUT2D eigenvalue weighted by Crippen LogP contribution is 2.18. The molecule has 0 fully saturated rings. The van der Waals surface area contributed by atoms with Gasteiger partial charge in [-0.3, -0.25) is 0 Å². The Balaban J connectivity index is 2.76. The second-order valence-electron chi connectivity index (χ2n) is 3.49. The number of rotatable bonds is 5. The number of para-hydroxylation sites is 1. The summed E-state index contributed by atoms with van der Waals surface area (Å²) >= 11 is 0. The molecule has 1 aromatic rings. The largest absolute Gasteiger partial charge is 0.465 e. The molecule has 1 rings (SSSR count). The number of hydrogen-bond acceptors (Lipinski definition) is 6. The van der Waals surface area contributed by atoms with Crippen LogP contribution in [0.4, 0.5) is 0 Å². The lowest BCUT2D eigenvalue weighted by Gasteiger charge is -2.06. The van der Waals surface area contributed by atoms with Gasteiger partial charge in [0, 0.05) is 12.2 Å². The van der Waals surface area contributed by atoms with E-state index in [0.29, 0.717) is 0 Å². The van der Waals surface area contributed by atoms with Gasteiger partial charge in [0.25, 0.3) is 0 Å². The van der Waals surface area contributed by atoms with Crippen LogP contribution >= 0.6 is 0 Å². The third kappa shape index (κ3) is 4.56. The molecule has 106 valence electrons. The summed E-state index contributed by atoms with van der Waals surface area (Å²) in [4.78, 5) is 34.0. The van der Waals surface area contributed by atoms with Crippen molar-refractivity contribution in [2.24, 2.45) is 0 Å². The van der Waals surface area contributed by atoms with Crippen LogP contribution in [0, 0.1) is 0 Å². The van der Waals surface area contributed by atoms with Crippen LogP contribution in [-0.4, -0.2) is 31.6 Å². The van der Waals surface area contributed by atoms with Crippen molar-refractivity contribution >= 4 is 17.9 Å². The molecule has 0 bridgehead atoms. The van der Waals surface area contributed by atoms with E-state index >= 15 is 0 Å². The molecule has 0 spiro atoms. The summed E-state index contributed by atoms with van der Waals surface area (Å²) in [6.45, 7) is 1.86. The first-order chi connectivity index (χ1) is 9.58. The summed E-state index contributed by atoms with van der Waals surface area (Å²) in [5, 5.41) is 0. The van der Waals surface area contributed by atoms with Gasteiger partial charge in [-0.25, -0.2) is 14.4 Å². The Morgan fingerprint density at radius 2 is 1.75 bits per heavy atom. The Morgan fingerprint density at radius 3 is 2.40 bits per heavy atom. The highest BCUT2D eigenvalue weighted by Gasteiger charge is 2.14. The van der Waals surface area contributed by atoms with Crippen LogP contribution in [0.15, 0.2) is 36.4 Å². The van der Waals surface area contributed by atoms with Crippen molar-refractivity contribution < 1.29 is 28.6 Å². The number of carbonyl (C=O) groups is 3. The Morgan fingerprint density at radius 1 is 1.10 bits per heavy atom. The maximum Gasteiger partial charge on any atom is 0.341 e. The van der Waals surface area contributed by atoms with Crippen molar-refractivity contribution in [2.75, 3.05) is 13.7 Å². The molecule has 0 N–H and O–H groups in total. The Hall–Kier alpha value is -2.63. The highest BCUT2D eigenvalue weighted by molar-refractivity contribution is 5.96. The van der Waals surface area contributed by atoms with E-state index in [4.69, 9.17) is 4.74 Å². The lowest BCUT2D eigenvalue weighted by atomic mass is 10.2. The zero-order valence-corrected chi connectivity index (χ0v) is 11.1. The van der Waals surface area contributed by atoms with E-state index in [2.05, 4.69) is 9.47 Å². The first-order valence-corrected chi connectivity index (χ1v) is 5.82. The Labute approximate surface area is 115 Å². The highest BCUT2D eigenvalue weighted by atomic mass is 16.5. The minimum absolute atomic E-state index is 0.0536. The molecule has 0 aliphatic heterocycles. The molecule has 0 aliphatic rings. The molecule has 20 heavy (non-hydrogen) atoms. The Kier molecular flexibility index (Phi) is 5.96. The molecule has 0 aromatic heterocycles. The van der Waals surface area contributed by atoms with Crippen LogP contribution in [0.2, 0.25) is 0 Å². The summed E-state index contributed by atoms with van der Waals surface area (Å²) in [7, 11) is 1.22. The normalized spacial score (nSPS) is 10.1. The van der Waals surface area contributed by atoms with Crippen molar-refractivity contribution in [2.45, 2.75) is 6.92 Å². The zero-order chi connectivity index (χ0) is 15.0. The van der Waals surface area contributed by atoms with E-state index in [1.165, 1.54) is 19.2 Å². The fourth-order valence-corrected chi connectivity index (χ4v) is 1.30. The molecule has 0 amide bonds. The summed E-state index contributed by atoms with van der Waals surface area (Å²) in [5.41, 5.74) is 0.118. The molecule has 1 aromatic carbocycles. The molecule has 0 heterocycles. The van der Waals surface area contributed by atoms with Crippen LogP contribution in [0.1, 0.15) is 17.3 Å². The second kappa shape index (κ2) is 7.73. The monoisotopic (exact) mass is 278 g/mol. The van der Waals surface area contributed by atoms with E-state index in [1.807, 2.05) is 0 Å². The number of ether oxygens (including phenoxy) is 3. The van der Waals surface area contributed by atoms with Gasteiger partial charge in [-0.05, 0) is 19.1 Å². The van der Waals surface area contributed by atoms with E-state index in [0.717, 1.165) is 12.2 Å². The van der Waals surface area contributed by atoms with Gasteiger partial charge in [0.05, 0.1) is 13.7 Å². The van der Waals surface area contributed by atoms with Crippen LogP contribution in [0.3, 0.4) is 0 Å². The zero-order valence-electron chi connectivity index (χ0n) is 11.1. The van der Waals surface area contributed by atoms with Crippen LogP contribution < -0.4 is 4.74 Å². The molecule has 0 aliphatic carbocycles. The average molecular weight is 278 g/mol. The van der Waals surface area contributed by atoms with E-state index < -0.39 is 17.9 Å². The summed E-state index contributed by atoms with van der Waals surface area (Å²) in [6.07, 6.45) is 1.87. The number of carbonyl (C=O) groups excluding carboxylic acids is 3. The third-order valence-electron chi connectivity index (χ3n) is 2.15. The molecule has 0 unspecified atom stereocenters. The van der Waals surface area contributed by atoms with E-state index in [9.17, 15) is 14.4 Å². The van der Waals surface area contributed by atoms with Gasteiger partial charge < -0.3 is 14.2 Å². The minimum atomic E-state index is -0.797. The molecular weight excluding hydrogens is 264 g/mol. The van der Waals surface area contributed by atoms with Crippen molar-refractivity contribution in [1.29, 1.82) is 0 Å². The minimum Gasteiger partial charge on any atom is -0.465 e. The standard InChI is InChI=1S/C14H14O6/c1-3-19-12(15)8-9-13(16)20-11-7-5-4-6-10(11)14(17)18-2/h4-9H,3H2,1-2H3/b9-8+. The van der Waals surface area contributed by atoms with Gasteiger partial charge in [0.2, 0.25) is 0 Å². The average Bonchev–Trinajstić information content (AvgIpc) is 2.45. The Bertz CT molecular complexity index is 532. The third-order valence-corrected chi connectivity index (χ3v) is 2.15. The first-order valence-electron chi connectivity index (χ1n) is 5.82. The van der Waals surface area contributed by atoms with Crippen molar-refractivity contribution in [3.05, 3.63) is 42.0 Å². The van der Waals surface area contributed by atoms with Crippen LogP contribution in [0.25, 0.3) is 0 Å². The lowest BCUT2D eigenvalue weighted by molar-refractivity contribution is -0.138. The van der Waals surface area contributed by atoms with Gasteiger partial charge >= 0.3 is 17.9 Å². The van der Waals surface area contributed by atoms with Gasteiger partial charge in [-0.15, -0.1) is 0 Å². The number of methoxy groups -OCH3 is 1. The second-order valence-corrected chi connectivity index (χ2v) is 3.49. The van der Waals surface area contributed by atoms with E-state index in [1.54, 1.807) is 19.1 Å². The molecular formula is C14H14O6. The molecule has 0 saturated heterocycles. The van der Waals surface area contributed by atoms with Gasteiger partial charge in [-0.1, -0.05) is 12.1 Å². The summed E-state index contributed by atoms with van der Waals surface area (Å²) in [6, 6.07) is 6.12. The predicted octanol–water partition coefficient (Wildman–Crippen LogP) is 1.50. The van der Waals surface area contributed by atoms with Gasteiger partial charge in [0.1, 0.15) is 11.3 Å². The fraction of sp³-hybridized carbons (Fsp3) is 0.214. The van der Waals surface area contributed by atoms with Crippen LogP contribution in [-0.2, 0) is 19.1 Å². The number of benzene rings is 1. The fourth-order valence-electron chi connectivity index (χ4n) is 1.30. The topological polar surface area (TPSA) is 78.9 Å².